The van der Waals surface area contributed by atoms with Crippen molar-refractivity contribution in [2.75, 3.05) is 6.54 Å². The maximum Gasteiger partial charge on any atom is 0.335 e. The Labute approximate surface area is 124 Å². The van der Waals surface area contributed by atoms with Gasteiger partial charge in [0.25, 0.3) is 0 Å². The van der Waals surface area contributed by atoms with Gasteiger partial charge < -0.3 is 10.4 Å². The smallest absolute Gasteiger partial charge is 0.335 e. The number of amides is 1. The van der Waals surface area contributed by atoms with Crippen LogP contribution in [0.15, 0.2) is 24.3 Å². The Bertz CT molecular complexity index is 555. The van der Waals surface area contributed by atoms with Gasteiger partial charge in [0.1, 0.15) is 0 Å². The number of rotatable bonds is 5. The van der Waals surface area contributed by atoms with Crippen molar-refractivity contribution < 1.29 is 14.7 Å². The maximum atomic E-state index is 12.0. The molecule has 2 bridgehead atoms. The molecule has 0 aromatic heterocycles. The number of aromatic carboxylic acids is 1. The molecule has 2 N–H and O–H groups in total. The molecule has 0 aliphatic heterocycles. The molecule has 2 aliphatic rings. The first-order chi connectivity index (χ1) is 10.1. The van der Waals surface area contributed by atoms with Crippen LogP contribution in [0.4, 0.5) is 0 Å². The quantitative estimate of drug-likeness (QED) is 0.874. The molecular formula is C17H21NO3. The highest BCUT2D eigenvalue weighted by molar-refractivity contribution is 5.91. The van der Waals surface area contributed by atoms with Gasteiger partial charge in [-0.05, 0) is 48.6 Å². The van der Waals surface area contributed by atoms with Crippen LogP contribution in [0.2, 0.25) is 0 Å². The molecule has 1 amide bonds. The summed E-state index contributed by atoms with van der Waals surface area (Å²) in [7, 11) is 0. The van der Waals surface area contributed by atoms with Gasteiger partial charge in [0.05, 0.1) is 12.0 Å². The molecule has 4 nitrogen and oxygen atoms in total. The van der Waals surface area contributed by atoms with Crippen LogP contribution in [-0.2, 0) is 11.2 Å². The second-order valence-corrected chi connectivity index (χ2v) is 6.38. The number of hydrogen-bond donors (Lipinski definition) is 2. The van der Waals surface area contributed by atoms with Crippen LogP contribution in [0.5, 0.6) is 0 Å². The summed E-state index contributed by atoms with van der Waals surface area (Å²) in [6.45, 7) is 0.745. The van der Waals surface area contributed by atoms with Gasteiger partial charge in [-0.25, -0.2) is 4.79 Å². The van der Waals surface area contributed by atoms with E-state index in [-0.39, 0.29) is 17.9 Å². The predicted octanol–water partition coefficient (Wildman–Crippen LogP) is 2.48. The first kappa shape index (κ1) is 14.1. The van der Waals surface area contributed by atoms with E-state index >= 15 is 0 Å². The van der Waals surface area contributed by atoms with Crippen LogP contribution >= 0.6 is 0 Å². The number of nitrogens with one attached hydrogen (secondary N) is 1. The minimum absolute atomic E-state index is 0.0773. The van der Waals surface area contributed by atoms with Crippen molar-refractivity contribution in [3.05, 3.63) is 35.4 Å². The zero-order valence-corrected chi connectivity index (χ0v) is 12.0. The van der Waals surface area contributed by atoms with Crippen LogP contribution in [0.25, 0.3) is 0 Å². The van der Waals surface area contributed by atoms with Crippen molar-refractivity contribution in [3.63, 3.8) is 0 Å². The van der Waals surface area contributed by atoms with Crippen LogP contribution in [0, 0.1) is 17.8 Å². The molecule has 4 heteroatoms. The zero-order chi connectivity index (χ0) is 14.8. The van der Waals surface area contributed by atoms with Crippen LogP contribution in [0.3, 0.4) is 0 Å². The average Bonchev–Trinajstić information content (AvgIpc) is 3.08. The van der Waals surface area contributed by atoms with Gasteiger partial charge in [-0.1, -0.05) is 24.6 Å². The normalized spacial score (nSPS) is 26.8. The Balaban J connectivity index is 1.54. The van der Waals surface area contributed by atoms with Crippen LogP contribution in [-0.4, -0.2) is 23.5 Å². The highest BCUT2D eigenvalue weighted by atomic mass is 16.4. The number of carbonyl (C=O) groups is 2. The third-order valence-electron chi connectivity index (χ3n) is 5.04. The standard InChI is InChI=1S/C17H21NO3/c19-16(9-13-3-1-2-4-15(13)17(20)21)18-10-14-8-11-5-6-12(14)7-11/h1-4,11-12,14H,5-10H2,(H,18,19)(H,20,21). The Hall–Kier alpha value is -1.84. The molecule has 1 aromatic rings. The van der Waals surface area contributed by atoms with Crippen LogP contribution < -0.4 is 5.32 Å². The molecule has 2 fully saturated rings. The Morgan fingerprint density at radius 3 is 2.67 bits per heavy atom. The van der Waals surface area contributed by atoms with Gasteiger partial charge >= 0.3 is 5.97 Å². The largest absolute Gasteiger partial charge is 0.478 e. The molecule has 1 aromatic carbocycles. The lowest BCUT2D eigenvalue weighted by Gasteiger charge is -2.21. The third kappa shape index (κ3) is 3.09. The molecule has 112 valence electrons. The van der Waals surface area contributed by atoms with Gasteiger partial charge in [-0.2, -0.15) is 0 Å². The fourth-order valence-electron chi connectivity index (χ4n) is 3.99. The van der Waals surface area contributed by atoms with E-state index in [1.54, 1.807) is 24.3 Å². The van der Waals surface area contributed by atoms with E-state index < -0.39 is 5.97 Å². The molecule has 3 unspecified atom stereocenters. The van der Waals surface area contributed by atoms with Crippen molar-refractivity contribution in [1.82, 2.24) is 5.32 Å². The summed E-state index contributed by atoms with van der Waals surface area (Å²) in [5, 5.41) is 12.1. The SMILES string of the molecule is O=C(Cc1ccccc1C(=O)O)NCC1CC2CCC1C2. The van der Waals surface area contributed by atoms with Crippen molar-refractivity contribution in [1.29, 1.82) is 0 Å². The van der Waals surface area contributed by atoms with Gasteiger partial charge in [0.2, 0.25) is 5.91 Å². The molecule has 0 radical (unpaired) electrons. The minimum Gasteiger partial charge on any atom is -0.478 e. The summed E-state index contributed by atoms with van der Waals surface area (Å²) in [5.74, 6) is 1.24. The molecule has 2 aliphatic carbocycles. The number of carboxylic acids is 1. The summed E-state index contributed by atoms with van der Waals surface area (Å²) in [5.41, 5.74) is 0.794. The molecule has 0 heterocycles. The molecule has 3 atom stereocenters. The van der Waals surface area contributed by atoms with E-state index in [0.717, 1.165) is 18.4 Å². The van der Waals surface area contributed by atoms with Crippen molar-refractivity contribution >= 4 is 11.9 Å². The number of hydrogen-bond acceptors (Lipinski definition) is 2. The van der Waals surface area contributed by atoms with Gasteiger partial charge in [0.15, 0.2) is 0 Å². The summed E-state index contributed by atoms with van der Waals surface area (Å²) < 4.78 is 0. The lowest BCUT2D eigenvalue weighted by Crippen LogP contribution is -2.32. The lowest BCUT2D eigenvalue weighted by atomic mass is 9.89. The van der Waals surface area contributed by atoms with E-state index in [2.05, 4.69) is 5.32 Å². The summed E-state index contributed by atoms with van der Waals surface area (Å²) in [6.07, 6.45) is 5.40. The first-order valence-electron chi connectivity index (χ1n) is 7.71. The van der Waals surface area contributed by atoms with E-state index in [0.29, 0.717) is 11.5 Å². The van der Waals surface area contributed by atoms with E-state index in [1.165, 1.54) is 25.7 Å². The highest BCUT2D eigenvalue weighted by Crippen LogP contribution is 2.47. The third-order valence-corrected chi connectivity index (χ3v) is 5.04. The Morgan fingerprint density at radius 1 is 1.19 bits per heavy atom. The van der Waals surface area contributed by atoms with E-state index in [1.807, 2.05) is 0 Å². The molecule has 21 heavy (non-hydrogen) atoms. The first-order valence-corrected chi connectivity index (χ1v) is 7.71. The summed E-state index contributed by atoms with van der Waals surface area (Å²) >= 11 is 0. The van der Waals surface area contributed by atoms with Gasteiger partial charge in [-0.3, -0.25) is 4.79 Å². The highest BCUT2D eigenvalue weighted by Gasteiger charge is 2.39. The Morgan fingerprint density at radius 2 is 2.00 bits per heavy atom. The number of fused-ring (bicyclic) bond motifs is 2. The van der Waals surface area contributed by atoms with Crippen molar-refractivity contribution in [2.45, 2.75) is 32.1 Å². The molecular weight excluding hydrogens is 266 g/mol. The number of carboxylic acid groups (broad SMARTS) is 1. The fraction of sp³-hybridized carbons (Fsp3) is 0.529. The Kier molecular flexibility index (Phi) is 3.95. The van der Waals surface area contributed by atoms with Gasteiger partial charge in [0, 0.05) is 6.54 Å². The topological polar surface area (TPSA) is 66.4 Å². The zero-order valence-electron chi connectivity index (χ0n) is 12.0. The fourth-order valence-corrected chi connectivity index (χ4v) is 3.99. The van der Waals surface area contributed by atoms with E-state index in [4.69, 9.17) is 5.11 Å². The minimum atomic E-state index is -0.980. The predicted molar refractivity (Wildman–Crippen MR) is 79.1 cm³/mol. The van der Waals surface area contributed by atoms with Gasteiger partial charge in [-0.15, -0.1) is 0 Å². The number of benzene rings is 1. The second kappa shape index (κ2) is 5.88. The average molecular weight is 287 g/mol. The maximum absolute atomic E-state index is 12.0. The molecule has 2 saturated carbocycles. The molecule has 0 saturated heterocycles. The van der Waals surface area contributed by atoms with Crippen LogP contribution in [0.1, 0.15) is 41.6 Å². The molecule has 0 spiro atoms. The summed E-state index contributed by atoms with van der Waals surface area (Å²) in [4.78, 5) is 23.2. The van der Waals surface area contributed by atoms with E-state index in [9.17, 15) is 9.59 Å². The lowest BCUT2D eigenvalue weighted by molar-refractivity contribution is -0.120. The number of carbonyl (C=O) groups excluding carboxylic acids is 1. The monoisotopic (exact) mass is 287 g/mol. The second-order valence-electron chi connectivity index (χ2n) is 6.38. The van der Waals surface area contributed by atoms with Crippen molar-refractivity contribution in [3.8, 4) is 0 Å². The van der Waals surface area contributed by atoms with Crippen molar-refractivity contribution in [2.24, 2.45) is 17.8 Å². The molecule has 3 rings (SSSR count). The summed E-state index contributed by atoms with van der Waals surface area (Å²) in [6, 6.07) is 6.70.